The average molecular weight is 421 g/mol. The fraction of sp³-hybridized carbons (Fsp3) is 0.667. The summed E-state index contributed by atoms with van der Waals surface area (Å²) in [4.78, 5) is 7.68. The van der Waals surface area contributed by atoms with Crippen molar-refractivity contribution in [3.05, 3.63) is 24.0 Å². The number of sulfonamides is 1. The van der Waals surface area contributed by atoms with Crippen LogP contribution in [0.3, 0.4) is 0 Å². The van der Waals surface area contributed by atoms with Crippen molar-refractivity contribution in [2.24, 2.45) is 5.92 Å². The van der Waals surface area contributed by atoms with Crippen molar-refractivity contribution in [2.45, 2.75) is 51.1 Å². The molecule has 29 heavy (non-hydrogen) atoms. The van der Waals surface area contributed by atoms with Gasteiger partial charge < -0.3 is 9.30 Å². The zero-order chi connectivity index (χ0) is 20.4. The van der Waals surface area contributed by atoms with Gasteiger partial charge in [-0.2, -0.15) is 4.31 Å². The number of morpholine rings is 1. The molecule has 0 radical (unpaired) electrons. The third-order valence-corrected chi connectivity index (χ3v) is 7.74. The topological polar surface area (TPSA) is 67.7 Å². The first-order valence-corrected chi connectivity index (χ1v) is 12.3. The molecule has 1 aliphatic carbocycles. The van der Waals surface area contributed by atoms with E-state index in [0.717, 1.165) is 55.4 Å². The molecule has 0 unspecified atom stereocenters. The quantitative estimate of drug-likeness (QED) is 0.624. The number of aromatic nitrogens is 2. The Labute approximate surface area is 173 Å². The Bertz CT molecular complexity index is 946. The average Bonchev–Trinajstić information content (AvgIpc) is 3.47. The van der Waals surface area contributed by atoms with E-state index < -0.39 is 10.0 Å². The molecule has 0 atom stereocenters. The van der Waals surface area contributed by atoms with Crippen LogP contribution in [-0.4, -0.2) is 66.6 Å². The molecule has 2 heterocycles. The summed E-state index contributed by atoms with van der Waals surface area (Å²) < 4.78 is 35.0. The van der Waals surface area contributed by atoms with E-state index in [0.29, 0.717) is 31.2 Å². The molecule has 7 nitrogen and oxygen atoms in total. The van der Waals surface area contributed by atoms with E-state index >= 15 is 0 Å². The van der Waals surface area contributed by atoms with E-state index in [1.54, 1.807) is 12.1 Å². The van der Waals surface area contributed by atoms with Crippen LogP contribution in [0, 0.1) is 5.92 Å². The fourth-order valence-corrected chi connectivity index (χ4v) is 5.57. The smallest absolute Gasteiger partial charge is 0.243 e. The van der Waals surface area contributed by atoms with E-state index in [1.807, 2.05) is 6.07 Å². The molecule has 1 saturated heterocycles. The van der Waals surface area contributed by atoms with Crippen LogP contribution in [0.5, 0.6) is 0 Å². The highest BCUT2D eigenvalue weighted by Crippen LogP contribution is 2.30. The van der Waals surface area contributed by atoms with Crippen molar-refractivity contribution in [3.8, 4) is 0 Å². The van der Waals surface area contributed by atoms with Gasteiger partial charge in [0.25, 0.3) is 0 Å². The summed E-state index contributed by atoms with van der Waals surface area (Å²) in [5.41, 5.74) is 1.77. The van der Waals surface area contributed by atoms with Crippen LogP contribution in [0.2, 0.25) is 0 Å². The number of hydrogen-bond donors (Lipinski definition) is 0. The lowest BCUT2D eigenvalue weighted by atomic mass is 10.3. The Kier molecular flexibility index (Phi) is 6.24. The minimum Gasteiger partial charge on any atom is -0.379 e. The number of aryl methyl sites for hydroxylation is 1. The third-order valence-electron chi connectivity index (χ3n) is 5.84. The van der Waals surface area contributed by atoms with Gasteiger partial charge in [-0.05, 0) is 56.8 Å². The van der Waals surface area contributed by atoms with Gasteiger partial charge in [-0.1, -0.05) is 6.92 Å². The van der Waals surface area contributed by atoms with Crippen LogP contribution in [0.1, 0.15) is 38.9 Å². The number of benzene rings is 1. The first-order chi connectivity index (χ1) is 14.0. The molecule has 1 saturated carbocycles. The third kappa shape index (κ3) is 4.50. The highest BCUT2D eigenvalue weighted by atomic mass is 32.2. The minimum absolute atomic E-state index is 0.322. The number of nitrogens with zero attached hydrogens (tertiary/aromatic N) is 4. The first-order valence-electron chi connectivity index (χ1n) is 10.8. The summed E-state index contributed by atoms with van der Waals surface area (Å²) in [6.07, 6.45) is 3.81. The Morgan fingerprint density at radius 1 is 1.21 bits per heavy atom. The summed E-state index contributed by atoms with van der Waals surface area (Å²) in [5, 5.41) is 0. The predicted octanol–water partition coefficient (Wildman–Crippen LogP) is 2.70. The van der Waals surface area contributed by atoms with Crippen molar-refractivity contribution in [2.75, 3.05) is 39.4 Å². The molecule has 1 aliphatic heterocycles. The molecule has 0 amide bonds. The Morgan fingerprint density at radius 3 is 2.62 bits per heavy atom. The maximum Gasteiger partial charge on any atom is 0.243 e. The van der Waals surface area contributed by atoms with E-state index in [4.69, 9.17) is 9.72 Å². The lowest BCUT2D eigenvalue weighted by Crippen LogP contribution is -2.40. The number of ether oxygens (including phenoxy) is 1. The minimum atomic E-state index is -3.51. The van der Waals surface area contributed by atoms with Crippen LogP contribution in [0.15, 0.2) is 23.1 Å². The molecule has 1 aromatic heterocycles. The Balaban J connectivity index is 1.63. The number of rotatable bonds is 9. The van der Waals surface area contributed by atoms with Gasteiger partial charge in [0.05, 0.1) is 35.7 Å². The standard InChI is InChI=1S/C21H32N4O3S/c1-3-9-23(15-17-5-6-17)16-21-22-19-14-18(7-8-20(19)25(21)4-2)29(26,27)24-10-12-28-13-11-24/h7-8,14,17H,3-6,9-13,15-16H2,1-2H3. The van der Waals surface area contributed by atoms with Crippen LogP contribution in [0.4, 0.5) is 0 Å². The lowest BCUT2D eigenvalue weighted by molar-refractivity contribution is 0.0730. The van der Waals surface area contributed by atoms with E-state index in [2.05, 4.69) is 23.3 Å². The first kappa shape index (κ1) is 20.8. The van der Waals surface area contributed by atoms with Gasteiger partial charge in [-0.3, -0.25) is 4.90 Å². The maximum atomic E-state index is 13.0. The molecule has 2 aromatic rings. The van der Waals surface area contributed by atoms with Gasteiger partial charge in [-0.15, -0.1) is 0 Å². The van der Waals surface area contributed by atoms with Crippen molar-refractivity contribution in [1.82, 2.24) is 18.8 Å². The van der Waals surface area contributed by atoms with Gasteiger partial charge in [0.2, 0.25) is 10.0 Å². The Hall–Kier alpha value is -1.48. The van der Waals surface area contributed by atoms with E-state index in [-0.39, 0.29) is 0 Å². The van der Waals surface area contributed by atoms with Crippen molar-refractivity contribution in [3.63, 3.8) is 0 Å². The fourth-order valence-electron chi connectivity index (χ4n) is 4.15. The molecular weight excluding hydrogens is 388 g/mol. The molecule has 0 N–H and O–H groups in total. The van der Waals surface area contributed by atoms with E-state index in [9.17, 15) is 8.42 Å². The second-order valence-corrected chi connectivity index (χ2v) is 10.1. The normalized spacial score (nSPS) is 18.7. The van der Waals surface area contributed by atoms with Gasteiger partial charge in [0.15, 0.2) is 0 Å². The van der Waals surface area contributed by atoms with Crippen LogP contribution >= 0.6 is 0 Å². The maximum absolute atomic E-state index is 13.0. The molecular formula is C21H32N4O3S. The number of imidazole rings is 1. The molecule has 2 aliphatic rings. The number of fused-ring (bicyclic) bond motifs is 1. The SMILES string of the molecule is CCCN(Cc1nc2cc(S(=O)(=O)N3CCOCC3)ccc2n1CC)CC1CC1. The zero-order valence-electron chi connectivity index (χ0n) is 17.5. The summed E-state index contributed by atoms with van der Waals surface area (Å²) in [5.74, 6) is 1.86. The van der Waals surface area contributed by atoms with Crippen molar-refractivity contribution < 1.29 is 13.2 Å². The Morgan fingerprint density at radius 2 is 1.97 bits per heavy atom. The molecule has 160 valence electrons. The summed E-state index contributed by atoms with van der Waals surface area (Å²) in [6, 6.07) is 5.37. The molecule has 8 heteroatoms. The van der Waals surface area contributed by atoms with Crippen molar-refractivity contribution in [1.29, 1.82) is 0 Å². The van der Waals surface area contributed by atoms with E-state index in [1.165, 1.54) is 17.1 Å². The van der Waals surface area contributed by atoms with Crippen LogP contribution < -0.4 is 0 Å². The highest BCUT2D eigenvalue weighted by molar-refractivity contribution is 7.89. The molecule has 2 fully saturated rings. The van der Waals surface area contributed by atoms with Gasteiger partial charge in [-0.25, -0.2) is 13.4 Å². The van der Waals surface area contributed by atoms with Crippen molar-refractivity contribution >= 4 is 21.1 Å². The van der Waals surface area contributed by atoms with Crippen LogP contribution in [-0.2, 0) is 27.8 Å². The number of hydrogen-bond acceptors (Lipinski definition) is 5. The lowest BCUT2D eigenvalue weighted by Gasteiger charge is -2.26. The monoisotopic (exact) mass is 420 g/mol. The largest absolute Gasteiger partial charge is 0.379 e. The molecule has 4 rings (SSSR count). The zero-order valence-corrected chi connectivity index (χ0v) is 18.3. The molecule has 1 aromatic carbocycles. The van der Waals surface area contributed by atoms with Gasteiger partial charge >= 0.3 is 0 Å². The highest BCUT2D eigenvalue weighted by Gasteiger charge is 2.28. The molecule has 0 spiro atoms. The predicted molar refractivity (Wildman–Crippen MR) is 113 cm³/mol. The van der Waals surface area contributed by atoms with Gasteiger partial charge in [0, 0.05) is 26.2 Å². The van der Waals surface area contributed by atoms with Gasteiger partial charge in [0.1, 0.15) is 5.82 Å². The summed E-state index contributed by atoms with van der Waals surface area (Å²) in [6.45, 7) is 9.89. The molecule has 0 bridgehead atoms. The second kappa shape index (κ2) is 8.71. The van der Waals surface area contributed by atoms with Crippen LogP contribution in [0.25, 0.3) is 11.0 Å². The summed E-state index contributed by atoms with van der Waals surface area (Å²) in [7, 11) is -3.51. The summed E-state index contributed by atoms with van der Waals surface area (Å²) >= 11 is 0. The second-order valence-electron chi connectivity index (χ2n) is 8.12.